The van der Waals surface area contributed by atoms with E-state index in [9.17, 15) is 10.1 Å². The maximum atomic E-state index is 13.0. The minimum atomic E-state index is -0.116. The SMILES string of the molecule is Cc1oc(-n2cccc2)c(C#N)c1C(=O)N1CC[C@@]2(CCOC2)C1. The molecule has 2 aliphatic rings. The Morgan fingerprint density at radius 1 is 1.33 bits per heavy atom. The highest BCUT2D eigenvalue weighted by Gasteiger charge is 2.44. The van der Waals surface area contributed by atoms with Crippen LogP contribution in [0, 0.1) is 23.7 Å². The van der Waals surface area contributed by atoms with Crippen LogP contribution < -0.4 is 0 Å². The molecule has 2 fully saturated rings. The molecule has 2 aromatic heterocycles. The molecule has 0 N–H and O–H groups in total. The summed E-state index contributed by atoms with van der Waals surface area (Å²) in [6.07, 6.45) is 5.56. The number of furan rings is 1. The molecule has 0 saturated carbocycles. The zero-order valence-electron chi connectivity index (χ0n) is 13.6. The van der Waals surface area contributed by atoms with Gasteiger partial charge < -0.3 is 14.1 Å². The molecule has 1 spiro atoms. The van der Waals surface area contributed by atoms with Gasteiger partial charge in [0.25, 0.3) is 5.91 Å². The van der Waals surface area contributed by atoms with E-state index in [1.165, 1.54) is 0 Å². The molecule has 6 heteroatoms. The first-order valence-corrected chi connectivity index (χ1v) is 8.17. The van der Waals surface area contributed by atoms with E-state index >= 15 is 0 Å². The van der Waals surface area contributed by atoms with Crippen LogP contribution >= 0.6 is 0 Å². The van der Waals surface area contributed by atoms with Crippen LogP contribution in [0.5, 0.6) is 0 Å². The van der Waals surface area contributed by atoms with Gasteiger partial charge in [-0.3, -0.25) is 9.36 Å². The average molecular weight is 325 g/mol. The van der Waals surface area contributed by atoms with Crippen molar-refractivity contribution in [2.24, 2.45) is 5.41 Å². The first-order chi connectivity index (χ1) is 11.6. The van der Waals surface area contributed by atoms with Crippen molar-refractivity contribution in [3.63, 3.8) is 0 Å². The third-order valence-electron chi connectivity index (χ3n) is 5.14. The Balaban J connectivity index is 1.67. The molecule has 0 radical (unpaired) electrons. The first kappa shape index (κ1) is 15.0. The normalized spacial score (nSPS) is 23.1. The number of likely N-dealkylation sites (tertiary alicyclic amines) is 1. The van der Waals surface area contributed by atoms with Crippen molar-refractivity contribution in [2.75, 3.05) is 26.3 Å². The lowest BCUT2D eigenvalue weighted by atomic mass is 9.87. The zero-order valence-corrected chi connectivity index (χ0v) is 13.6. The maximum Gasteiger partial charge on any atom is 0.258 e. The van der Waals surface area contributed by atoms with Gasteiger partial charge in [-0.15, -0.1) is 0 Å². The minimum absolute atomic E-state index is 0.101. The fourth-order valence-corrected chi connectivity index (χ4v) is 3.78. The van der Waals surface area contributed by atoms with Gasteiger partial charge >= 0.3 is 0 Å². The lowest BCUT2D eigenvalue weighted by Gasteiger charge is -2.21. The Morgan fingerprint density at radius 3 is 2.79 bits per heavy atom. The fraction of sp³-hybridized carbons (Fsp3) is 0.444. The summed E-state index contributed by atoms with van der Waals surface area (Å²) >= 11 is 0. The summed E-state index contributed by atoms with van der Waals surface area (Å²) in [6.45, 7) is 4.64. The van der Waals surface area contributed by atoms with Gasteiger partial charge in [-0.25, -0.2) is 0 Å². The molecule has 4 heterocycles. The highest BCUT2D eigenvalue weighted by Crippen LogP contribution is 2.39. The van der Waals surface area contributed by atoms with E-state index in [1.807, 2.05) is 17.0 Å². The van der Waals surface area contributed by atoms with Crippen LogP contribution in [0.25, 0.3) is 5.88 Å². The monoisotopic (exact) mass is 325 g/mol. The van der Waals surface area contributed by atoms with Crippen LogP contribution in [0.4, 0.5) is 0 Å². The van der Waals surface area contributed by atoms with Crippen molar-refractivity contribution in [1.29, 1.82) is 5.26 Å². The summed E-state index contributed by atoms with van der Waals surface area (Å²) in [4.78, 5) is 14.9. The largest absolute Gasteiger partial charge is 0.443 e. The predicted octanol–water partition coefficient (Wildman–Crippen LogP) is 2.50. The Morgan fingerprint density at radius 2 is 2.12 bits per heavy atom. The van der Waals surface area contributed by atoms with Crippen LogP contribution in [-0.4, -0.2) is 41.7 Å². The number of rotatable bonds is 2. The summed E-state index contributed by atoms with van der Waals surface area (Å²) in [7, 11) is 0. The number of amides is 1. The van der Waals surface area contributed by atoms with Crippen LogP contribution in [0.2, 0.25) is 0 Å². The molecule has 124 valence electrons. The van der Waals surface area contributed by atoms with Gasteiger partial charge in [0.05, 0.1) is 6.61 Å². The van der Waals surface area contributed by atoms with Crippen LogP contribution in [0.15, 0.2) is 28.9 Å². The number of nitriles is 1. The second-order valence-electron chi connectivity index (χ2n) is 6.69. The maximum absolute atomic E-state index is 13.0. The third-order valence-corrected chi connectivity index (χ3v) is 5.14. The smallest absolute Gasteiger partial charge is 0.258 e. The van der Waals surface area contributed by atoms with Gasteiger partial charge in [-0.05, 0) is 31.9 Å². The molecule has 0 unspecified atom stereocenters. The molecule has 1 amide bonds. The summed E-state index contributed by atoms with van der Waals surface area (Å²) in [5, 5.41) is 9.59. The summed E-state index contributed by atoms with van der Waals surface area (Å²) < 4.78 is 13.0. The molecule has 0 bridgehead atoms. The van der Waals surface area contributed by atoms with Crippen molar-refractivity contribution in [3.8, 4) is 12.0 Å². The Bertz CT molecular complexity index is 807. The van der Waals surface area contributed by atoms with Gasteiger partial charge in [0.2, 0.25) is 5.88 Å². The van der Waals surface area contributed by atoms with Crippen molar-refractivity contribution in [3.05, 3.63) is 41.4 Å². The van der Waals surface area contributed by atoms with Gasteiger partial charge in [-0.2, -0.15) is 5.26 Å². The number of aryl methyl sites for hydroxylation is 1. The molecular formula is C18H19N3O3. The van der Waals surface area contributed by atoms with Crippen molar-refractivity contribution in [2.45, 2.75) is 19.8 Å². The summed E-state index contributed by atoms with van der Waals surface area (Å²) in [5.41, 5.74) is 0.790. The Hall–Kier alpha value is -2.52. The van der Waals surface area contributed by atoms with Crippen molar-refractivity contribution < 1.29 is 13.9 Å². The molecule has 4 rings (SSSR count). The van der Waals surface area contributed by atoms with E-state index in [4.69, 9.17) is 9.15 Å². The van der Waals surface area contributed by atoms with Gasteiger partial charge in [0, 0.05) is 37.5 Å². The van der Waals surface area contributed by atoms with E-state index in [2.05, 4.69) is 6.07 Å². The number of carbonyl (C=O) groups excluding carboxylic acids is 1. The molecule has 2 aliphatic heterocycles. The molecule has 6 nitrogen and oxygen atoms in total. The highest BCUT2D eigenvalue weighted by atomic mass is 16.5. The van der Waals surface area contributed by atoms with Crippen LogP contribution in [0.3, 0.4) is 0 Å². The van der Waals surface area contributed by atoms with E-state index in [0.29, 0.717) is 35.9 Å². The first-order valence-electron chi connectivity index (χ1n) is 8.17. The zero-order chi connectivity index (χ0) is 16.7. The molecule has 2 saturated heterocycles. The number of hydrogen-bond acceptors (Lipinski definition) is 4. The van der Waals surface area contributed by atoms with Gasteiger partial charge in [0.15, 0.2) is 0 Å². The number of hydrogen-bond donors (Lipinski definition) is 0. The molecular weight excluding hydrogens is 306 g/mol. The third kappa shape index (κ3) is 2.24. The fourth-order valence-electron chi connectivity index (χ4n) is 3.78. The topological polar surface area (TPSA) is 71.4 Å². The second kappa shape index (κ2) is 5.53. The number of ether oxygens (including phenoxy) is 1. The predicted molar refractivity (Wildman–Crippen MR) is 85.9 cm³/mol. The molecule has 1 atom stereocenters. The van der Waals surface area contributed by atoms with Crippen molar-refractivity contribution >= 4 is 5.91 Å². The van der Waals surface area contributed by atoms with E-state index in [0.717, 1.165) is 26.1 Å². The van der Waals surface area contributed by atoms with E-state index < -0.39 is 0 Å². The van der Waals surface area contributed by atoms with Crippen LogP contribution in [-0.2, 0) is 4.74 Å². The molecule has 2 aromatic rings. The minimum Gasteiger partial charge on any atom is -0.443 e. The Kier molecular flexibility index (Phi) is 3.47. The average Bonchev–Trinajstić information content (AvgIpc) is 3.34. The standard InChI is InChI=1S/C18H19N3O3/c1-13-15(14(10-19)17(24-13)20-6-2-3-7-20)16(22)21-8-4-18(11-21)5-9-23-12-18/h2-3,6-7H,4-5,8-9,11-12H2,1H3/t18-/m1/s1. The number of nitrogens with zero attached hydrogens (tertiary/aromatic N) is 3. The summed E-state index contributed by atoms with van der Waals surface area (Å²) in [6, 6.07) is 5.86. The quantitative estimate of drug-likeness (QED) is 0.850. The Labute approximate surface area is 140 Å². The highest BCUT2D eigenvalue weighted by molar-refractivity contribution is 5.98. The van der Waals surface area contributed by atoms with Crippen molar-refractivity contribution in [1.82, 2.24) is 9.47 Å². The lowest BCUT2D eigenvalue weighted by molar-refractivity contribution is 0.0763. The summed E-state index contributed by atoms with van der Waals surface area (Å²) in [5.74, 6) is 0.778. The van der Waals surface area contributed by atoms with Gasteiger partial charge in [-0.1, -0.05) is 0 Å². The lowest BCUT2D eigenvalue weighted by Crippen LogP contribution is -2.33. The number of carbonyl (C=O) groups is 1. The number of aromatic nitrogens is 1. The molecule has 24 heavy (non-hydrogen) atoms. The molecule has 0 aliphatic carbocycles. The molecule has 0 aromatic carbocycles. The van der Waals surface area contributed by atoms with E-state index in [-0.39, 0.29) is 11.3 Å². The second-order valence-corrected chi connectivity index (χ2v) is 6.69. The van der Waals surface area contributed by atoms with E-state index in [1.54, 1.807) is 23.9 Å². The van der Waals surface area contributed by atoms with Gasteiger partial charge in [0.1, 0.15) is 23.0 Å². The van der Waals surface area contributed by atoms with Crippen LogP contribution in [0.1, 0.15) is 34.5 Å².